The molecular weight excluding hydrogens is 376 g/mol. The Morgan fingerprint density at radius 1 is 1.07 bits per heavy atom. The summed E-state index contributed by atoms with van der Waals surface area (Å²) in [6.07, 6.45) is 2.16. The van der Waals surface area contributed by atoms with E-state index in [1.165, 1.54) is 0 Å². The summed E-state index contributed by atoms with van der Waals surface area (Å²) in [5.74, 6) is -1.72. The molecule has 3 rings (SSSR count). The van der Waals surface area contributed by atoms with Gasteiger partial charge in [-0.15, -0.1) is 0 Å². The van der Waals surface area contributed by atoms with Gasteiger partial charge in [0, 0.05) is 25.2 Å². The quantitative estimate of drug-likeness (QED) is 0.780. The molecule has 2 heterocycles. The van der Waals surface area contributed by atoms with Crippen LogP contribution in [0.1, 0.15) is 50.7 Å². The number of carbonyl (C=O) groups excluding carboxylic acids is 2. The number of hydrogen-bond acceptors (Lipinski definition) is 6. The van der Waals surface area contributed by atoms with E-state index in [0.717, 1.165) is 18.0 Å². The van der Waals surface area contributed by atoms with Gasteiger partial charge in [-0.3, -0.25) is 9.59 Å². The lowest BCUT2D eigenvalue weighted by Crippen LogP contribution is -2.48. The Kier molecular flexibility index (Phi) is 6.18. The number of aromatic carboxylic acids is 1. The Morgan fingerprint density at radius 2 is 1.66 bits per heavy atom. The molecule has 2 atom stereocenters. The summed E-state index contributed by atoms with van der Waals surface area (Å²) in [7, 11) is 0. The van der Waals surface area contributed by atoms with E-state index in [1.54, 1.807) is 29.2 Å². The number of amides is 2. The van der Waals surface area contributed by atoms with Crippen LogP contribution in [0.15, 0.2) is 36.7 Å². The molecule has 152 valence electrons. The van der Waals surface area contributed by atoms with Gasteiger partial charge in [0.1, 0.15) is 5.69 Å². The summed E-state index contributed by atoms with van der Waals surface area (Å²) in [6, 6.07) is 7.02. The van der Waals surface area contributed by atoms with E-state index in [4.69, 9.17) is 9.84 Å². The highest BCUT2D eigenvalue weighted by molar-refractivity contribution is 5.94. The number of aromatic nitrogens is 2. The molecule has 1 aromatic carbocycles. The normalized spacial score (nSPS) is 18.9. The van der Waals surface area contributed by atoms with Crippen LogP contribution in [0.5, 0.6) is 0 Å². The molecule has 2 amide bonds. The van der Waals surface area contributed by atoms with E-state index in [2.05, 4.69) is 15.3 Å². The minimum Gasteiger partial charge on any atom is -0.476 e. The molecule has 1 aliphatic rings. The first kappa shape index (κ1) is 20.4. The zero-order valence-electron chi connectivity index (χ0n) is 16.2. The SMILES string of the molecule is CC1CN(C(=O)c2ccc(CNC(=O)c3cnc(C(=O)O)cn3)cc2)CC(C)O1. The molecule has 9 heteroatoms. The third-order valence-electron chi connectivity index (χ3n) is 4.46. The van der Waals surface area contributed by atoms with Gasteiger partial charge >= 0.3 is 5.97 Å². The first-order valence-electron chi connectivity index (χ1n) is 9.20. The van der Waals surface area contributed by atoms with E-state index in [-0.39, 0.29) is 36.0 Å². The molecule has 1 saturated heterocycles. The summed E-state index contributed by atoms with van der Waals surface area (Å²) in [6.45, 7) is 5.25. The Labute approximate surface area is 167 Å². The monoisotopic (exact) mass is 398 g/mol. The zero-order valence-corrected chi connectivity index (χ0v) is 16.2. The van der Waals surface area contributed by atoms with Crippen LogP contribution >= 0.6 is 0 Å². The summed E-state index contributed by atoms with van der Waals surface area (Å²) in [4.78, 5) is 44.8. The number of carboxylic acids is 1. The molecule has 0 spiro atoms. The molecule has 1 fully saturated rings. The van der Waals surface area contributed by atoms with Gasteiger partial charge in [0.05, 0.1) is 24.6 Å². The van der Waals surface area contributed by atoms with E-state index in [9.17, 15) is 14.4 Å². The average Bonchev–Trinajstić information content (AvgIpc) is 2.71. The minimum absolute atomic E-state index is 0.00449. The molecule has 9 nitrogen and oxygen atoms in total. The van der Waals surface area contributed by atoms with Gasteiger partial charge in [0.2, 0.25) is 0 Å². The number of ether oxygens (including phenoxy) is 1. The number of morpholine rings is 1. The van der Waals surface area contributed by atoms with E-state index in [1.807, 2.05) is 13.8 Å². The zero-order chi connectivity index (χ0) is 21.0. The van der Waals surface area contributed by atoms with Crippen molar-refractivity contribution in [1.82, 2.24) is 20.2 Å². The van der Waals surface area contributed by atoms with Gasteiger partial charge in [0.15, 0.2) is 5.69 Å². The van der Waals surface area contributed by atoms with Crippen LogP contribution in [0.3, 0.4) is 0 Å². The predicted octanol–water partition coefficient (Wildman–Crippen LogP) is 1.35. The number of nitrogens with zero attached hydrogens (tertiary/aromatic N) is 3. The van der Waals surface area contributed by atoms with Gasteiger partial charge in [-0.1, -0.05) is 12.1 Å². The van der Waals surface area contributed by atoms with Crippen molar-refractivity contribution in [2.24, 2.45) is 0 Å². The second-order valence-corrected chi connectivity index (χ2v) is 6.94. The fraction of sp³-hybridized carbons (Fsp3) is 0.350. The fourth-order valence-electron chi connectivity index (χ4n) is 3.12. The molecule has 0 bridgehead atoms. The van der Waals surface area contributed by atoms with Crippen LogP contribution in [0.4, 0.5) is 0 Å². The second kappa shape index (κ2) is 8.78. The first-order chi connectivity index (χ1) is 13.8. The predicted molar refractivity (Wildman–Crippen MR) is 103 cm³/mol. The molecule has 1 aromatic heterocycles. The molecular formula is C20H22N4O5. The Bertz CT molecular complexity index is 888. The second-order valence-electron chi connectivity index (χ2n) is 6.94. The van der Waals surface area contributed by atoms with Crippen LogP contribution in [-0.4, -0.2) is 63.1 Å². The lowest BCUT2D eigenvalue weighted by molar-refractivity contribution is -0.0586. The largest absolute Gasteiger partial charge is 0.476 e. The highest BCUT2D eigenvalue weighted by Crippen LogP contribution is 2.15. The van der Waals surface area contributed by atoms with Crippen LogP contribution in [0.2, 0.25) is 0 Å². The average molecular weight is 398 g/mol. The van der Waals surface area contributed by atoms with Gasteiger partial charge in [0.25, 0.3) is 11.8 Å². The molecule has 2 aromatic rings. The third kappa shape index (κ3) is 5.14. The summed E-state index contributed by atoms with van der Waals surface area (Å²) < 4.78 is 5.66. The third-order valence-corrected chi connectivity index (χ3v) is 4.46. The summed E-state index contributed by atoms with van der Waals surface area (Å²) in [5.41, 5.74) is 1.19. The first-order valence-corrected chi connectivity index (χ1v) is 9.20. The summed E-state index contributed by atoms with van der Waals surface area (Å²) >= 11 is 0. The van der Waals surface area contributed by atoms with Crippen molar-refractivity contribution in [3.05, 3.63) is 59.2 Å². The Balaban J connectivity index is 1.57. The maximum absolute atomic E-state index is 12.7. The molecule has 0 aliphatic carbocycles. The Morgan fingerprint density at radius 3 is 2.21 bits per heavy atom. The van der Waals surface area contributed by atoms with Crippen molar-refractivity contribution in [3.8, 4) is 0 Å². The van der Waals surface area contributed by atoms with Crippen LogP contribution in [-0.2, 0) is 11.3 Å². The van der Waals surface area contributed by atoms with Gasteiger partial charge < -0.3 is 20.1 Å². The smallest absolute Gasteiger partial charge is 0.356 e. The number of hydrogen-bond donors (Lipinski definition) is 2. The van der Waals surface area contributed by atoms with Crippen molar-refractivity contribution in [2.45, 2.75) is 32.6 Å². The lowest BCUT2D eigenvalue weighted by atomic mass is 10.1. The van der Waals surface area contributed by atoms with Gasteiger partial charge in [-0.2, -0.15) is 0 Å². The number of rotatable bonds is 5. The van der Waals surface area contributed by atoms with Crippen molar-refractivity contribution in [3.63, 3.8) is 0 Å². The molecule has 29 heavy (non-hydrogen) atoms. The fourth-order valence-corrected chi connectivity index (χ4v) is 3.12. The van der Waals surface area contributed by atoms with E-state index in [0.29, 0.717) is 18.7 Å². The van der Waals surface area contributed by atoms with Gasteiger partial charge in [-0.05, 0) is 31.5 Å². The molecule has 2 unspecified atom stereocenters. The lowest BCUT2D eigenvalue weighted by Gasteiger charge is -2.35. The van der Waals surface area contributed by atoms with E-state index < -0.39 is 11.9 Å². The highest BCUT2D eigenvalue weighted by atomic mass is 16.5. The number of carboxylic acid groups (broad SMARTS) is 1. The molecule has 1 aliphatic heterocycles. The van der Waals surface area contributed by atoms with Crippen LogP contribution in [0, 0.1) is 0 Å². The Hall–Kier alpha value is -3.33. The maximum Gasteiger partial charge on any atom is 0.356 e. The number of nitrogens with one attached hydrogen (secondary N) is 1. The van der Waals surface area contributed by atoms with Crippen molar-refractivity contribution in [1.29, 1.82) is 0 Å². The van der Waals surface area contributed by atoms with Crippen molar-refractivity contribution in [2.75, 3.05) is 13.1 Å². The molecule has 0 radical (unpaired) electrons. The molecule has 2 N–H and O–H groups in total. The number of carbonyl (C=O) groups is 3. The topological polar surface area (TPSA) is 122 Å². The molecule has 0 saturated carbocycles. The number of benzene rings is 1. The van der Waals surface area contributed by atoms with E-state index >= 15 is 0 Å². The van der Waals surface area contributed by atoms with Gasteiger partial charge in [-0.25, -0.2) is 14.8 Å². The van der Waals surface area contributed by atoms with Crippen molar-refractivity contribution >= 4 is 17.8 Å². The van der Waals surface area contributed by atoms with Crippen LogP contribution in [0.25, 0.3) is 0 Å². The standard InChI is InChI=1S/C20H22N4O5/c1-12-10-24(11-13(2)29-12)19(26)15-5-3-14(4-6-15)7-23-18(25)16-8-22-17(9-21-16)20(27)28/h3-6,8-9,12-13H,7,10-11H2,1-2H3,(H,23,25)(H,27,28). The highest BCUT2D eigenvalue weighted by Gasteiger charge is 2.26. The van der Waals surface area contributed by atoms with Crippen LogP contribution < -0.4 is 5.32 Å². The maximum atomic E-state index is 12.7. The minimum atomic E-state index is -1.21. The summed E-state index contributed by atoms with van der Waals surface area (Å²) in [5, 5.41) is 11.5. The van der Waals surface area contributed by atoms with Crippen molar-refractivity contribution < 1.29 is 24.2 Å².